The molecule has 1 N–H and O–H groups in total. The standard InChI is InChI=1S/C36H40F2N6O3/c1-2-24-27(37)10-9-22-17-23(47-21-45)18-25(30(22)24)32-31(38)33-26(19-40-32)34(44-16-13-39-28-7-3-4-8-29(28)44)42-35(41-33)46-20-36-11-5-14-43(36)15-6-12-36/h9-10,17-19,21,28-29,39H,2-8,11-16,20H2,1H3. The third kappa shape index (κ3) is 5.18. The SMILES string of the molecule is CCc1c(F)ccc2cc(OC=O)cc(-c3ncc4c(N5CCNC6CCCCC65)nc(OCC56CCCN5CCC6)nc4c3F)c12. The number of nitrogens with one attached hydrogen (secondary N) is 1. The lowest BCUT2D eigenvalue weighted by Crippen LogP contribution is -2.59. The summed E-state index contributed by atoms with van der Waals surface area (Å²) in [5, 5.41) is 5.34. The Morgan fingerprint density at radius 2 is 1.89 bits per heavy atom. The maximum absolute atomic E-state index is 17.1. The van der Waals surface area contributed by atoms with Gasteiger partial charge in [0.1, 0.15) is 35.2 Å². The van der Waals surface area contributed by atoms with Gasteiger partial charge in [0.05, 0.1) is 10.9 Å². The summed E-state index contributed by atoms with van der Waals surface area (Å²) >= 11 is 0. The molecule has 1 saturated carbocycles. The lowest BCUT2D eigenvalue weighted by atomic mass is 9.87. The quantitative estimate of drug-likeness (QED) is 0.234. The molecular formula is C36H40F2N6O3. The van der Waals surface area contributed by atoms with Crippen molar-refractivity contribution in [2.45, 2.75) is 82.3 Å². The summed E-state index contributed by atoms with van der Waals surface area (Å²) in [5.74, 6) is -0.189. The number of pyridine rings is 1. The summed E-state index contributed by atoms with van der Waals surface area (Å²) < 4.78 is 43.9. The van der Waals surface area contributed by atoms with Crippen molar-refractivity contribution in [3.8, 4) is 23.0 Å². The molecule has 5 heterocycles. The number of hydrogen-bond acceptors (Lipinski definition) is 9. The van der Waals surface area contributed by atoms with E-state index in [1.807, 2.05) is 6.92 Å². The molecule has 2 aromatic heterocycles. The Morgan fingerprint density at radius 3 is 2.70 bits per heavy atom. The number of carbonyl (C=O) groups is 1. The minimum Gasteiger partial charge on any atom is -0.461 e. The fraction of sp³-hybridized carbons (Fsp3) is 0.500. The summed E-state index contributed by atoms with van der Waals surface area (Å²) in [4.78, 5) is 30.5. The zero-order chi connectivity index (χ0) is 32.1. The average Bonchev–Trinajstić information content (AvgIpc) is 3.68. The van der Waals surface area contributed by atoms with E-state index in [-0.39, 0.29) is 40.4 Å². The van der Waals surface area contributed by atoms with E-state index < -0.39 is 5.82 Å². The molecule has 2 atom stereocenters. The predicted molar refractivity (Wildman–Crippen MR) is 176 cm³/mol. The number of benzene rings is 2. The number of halogens is 2. The van der Waals surface area contributed by atoms with Crippen molar-refractivity contribution < 1.29 is 23.0 Å². The normalized spacial score (nSPS) is 22.4. The van der Waals surface area contributed by atoms with Crippen LogP contribution in [0.4, 0.5) is 14.6 Å². The molecule has 0 radical (unpaired) electrons. The lowest BCUT2D eigenvalue weighted by Gasteiger charge is -2.45. The summed E-state index contributed by atoms with van der Waals surface area (Å²) in [6, 6.07) is 6.90. The molecule has 4 aromatic rings. The van der Waals surface area contributed by atoms with E-state index in [1.54, 1.807) is 24.4 Å². The van der Waals surface area contributed by atoms with E-state index >= 15 is 8.78 Å². The topological polar surface area (TPSA) is 92.7 Å². The summed E-state index contributed by atoms with van der Waals surface area (Å²) in [6.45, 7) is 6.30. The molecule has 2 aromatic carbocycles. The average molecular weight is 643 g/mol. The van der Waals surface area contributed by atoms with E-state index in [0.29, 0.717) is 58.6 Å². The van der Waals surface area contributed by atoms with Gasteiger partial charge in [-0.25, -0.2) is 8.78 Å². The molecular weight excluding hydrogens is 602 g/mol. The first-order chi connectivity index (χ1) is 23.0. The second kappa shape index (κ2) is 12.2. The molecule has 11 heteroatoms. The highest BCUT2D eigenvalue weighted by Gasteiger charge is 2.45. The number of ether oxygens (including phenoxy) is 2. The molecule has 0 bridgehead atoms. The molecule has 2 unspecified atom stereocenters. The van der Waals surface area contributed by atoms with Gasteiger partial charge in [0.2, 0.25) is 0 Å². The number of nitrogens with zero attached hydrogens (tertiary/aromatic N) is 5. The fourth-order valence-corrected chi connectivity index (χ4v) is 8.82. The zero-order valence-corrected chi connectivity index (χ0v) is 26.7. The van der Waals surface area contributed by atoms with Gasteiger partial charge in [0.25, 0.3) is 6.47 Å². The van der Waals surface area contributed by atoms with Crippen LogP contribution in [0.25, 0.3) is 32.9 Å². The molecule has 0 amide bonds. The van der Waals surface area contributed by atoms with E-state index in [4.69, 9.17) is 19.4 Å². The minimum atomic E-state index is -0.649. The van der Waals surface area contributed by atoms with Crippen molar-refractivity contribution in [2.75, 3.05) is 37.7 Å². The van der Waals surface area contributed by atoms with Gasteiger partial charge in [-0.15, -0.1) is 0 Å². The van der Waals surface area contributed by atoms with Crippen LogP contribution in [0.1, 0.15) is 63.9 Å². The fourth-order valence-electron chi connectivity index (χ4n) is 8.82. The maximum atomic E-state index is 17.1. The van der Waals surface area contributed by atoms with Crippen LogP contribution in [0.2, 0.25) is 0 Å². The molecule has 8 rings (SSSR count). The van der Waals surface area contributed by atoms with E-state index in [1.165, 1.54) is 12.5 Å². The Labute approximate surface area is 272 Å². The van der Waals surface area contributed by atoms with Crippen molar-refractivity contribution in [3.05, 3.63) is 47.7 Å². The van der Waals surface area contributed by atoms with Crippen LogP contribution >= 0.6 is 0 Å². The van der Waals surface area contributed by atoms with E-state index in [0.717, 1.165) is 71.1 Å². The lowest BCUT2D eigenvalue weighted by molar-refractivity contribution is -0.120. The Bertz CT molecular complexity index is 1840. The molecule has 4 fully saturated rings. The van der Waals surface area contributed by atoms with Gasteiger partial charge < -0.3 is 19.7 Å². The smallest absolute Gasteiger partial charge is 0.319 e. The minimum absolute atomic E-state index is 0.00181. The zero-order valence-electron chi connectivity index (χ0n) is 26.7. The molecule has 3 saturated heterocycles. The Hall–Kier alpha value is -3.96. The first kappa shape index (κ1) is 30.4. The Morgan fingerprint density at radius 1 is 1.06 bits per heavy atom. The van der Waals surface area contributed by atoms with Gasteiger partial charge in [-0.05, 0) is 92.6 Å². The molecule has 1 aliphatic carbocycles. The van der Waals surface area contributed by atoms with E-state index in [9.17, 15) is 4.79 Å². The van der Waals surface area contributed by atoms with E-state index in [2.05, 4.69) is 20.1 Å². The van der Waals surface area contributed by atoms with Crippen molar-refractivity contribution in [1.82, 2.24) is 25.2 Å². The second-order valence-electron chi connectivity index (χ2n) is 13.5. The van der Waals surface area contributed by atoms with Crippen molar-refractivity contribution >= 4 is 34.0 Å². The largest absolute Gasteiger partial charge is 0.461 e. The Balaban J connectivity index is 1.30. The van der Waals surface area contributed by atoms with Gasteiger partial charge in [0, 0.05) is 36.9 Å². The predicted octanol–water partition coefficient (Wildman–Crippen LogP) is 5.95. The van der Waals surface area contributed by atoms with Crippen molar-refractivity contribution in [3.63, 3.8) is 0 Å². The highest BCUT2D eigenvalue weighted by molar-refractivity contribution is 6.02. The molecule has 3 aliphatic heterocycles. The third-order valence-electron chi connectivity index (χ3n) is 11.0. The highest BCUT2D eigenvalue weighted by Crippen LogP contribution is 2.42. The van der Waals surface area contributed by atoms with Crippen molar-refractivity contribution in [2.24, 2.45) is 0 Å². The number of piperazine rings is 1. The van der Waals surface area contributed by atoms with Crippen LogP contribution < -0.4 is 19.7 Å². The van der Waals surface area contributed by atoms with Crippen LogP contribution in [0.15, 0.2) is 30.5 Å². The van der Waals surface area contributed by atoms with Crippen LogP contribution in [-0.2, 0) is 11.2 Å². The number of rotatable bonds is 8. The molecule has 246 valence electrons. The molecule has 0 spiro atoms. The third-order valence-corrected chi connectivity index (χ3v) is 11.0. The number of hydrogen-bond donors (Lipinski definition) is 1. The van der Waals surface area contributed by atoms with Crippen LogP contribution in [0.5, 0.6) is 11.8 Å². The molecule has 4 aliphatic rings. The van der Waals surface area contributed by atoms with Gasteiger partial charge >= 0.3 is 6.01 Å². The van der Waals surface area contributed by atoms with Crippen LogP contribution in [-0.4, -0.2) is 76.7 Å². The summed E-state index contributed by atoms with van der Waals surface area (Å²) in [7, 11) is 0. The number of aryl methyl sites for hydroxylation is 1. The summed E-state index contributed by atoms with van der Waals surface area (Å²) in [5.41, 5.74) is 0.852. The number of carbonyl (C=O) groups excluding carboxylic acids is 1. The van der Waals surface area contributed by atoms with Gasteiger partial charge in [0.15, 0.2) is 5.82 Å². The van der Waals surface area contributed by atoms with Crippen LogP contribution in [0, 0.1) is 11.6 Å². The number of anilines is 1. The van der Waals surface area contributed by atoms with Gasteiger partial charge in [-0.3, -0.25) is 14.7 Å². The van der Waals surface area contributed by atoms with Crippen molar-refractivity contribution in [1.29, 1.82) is 0 Å². The maximum Gasteiger partial charge on any atom is 0.319 e. The highest BCUT2D eigenvalue weighted by atomic mass is 19.1. The number of fused-ring (bicyclic) bond motifs is 4. The Kier molecular flexibility index (Phi) is 7.92. The first-order valence-electron chi connectivity index (χ1n) is 17.1. The summed E-state index contributed by atoms with van der Waals surface area (Å²) in [6.07, 6.45) is 10.9. The van der Waals surface area contributed by atoms with Gasteiger partial charge in [-0.1, -0.05) is 25.8 Å². The first-order valence-corrected chi connectivity index (χ1v) is 17.1. The van der Waals surface area contributed by atoms with Crippen LogP contribution in [0.3, 0.4) is 0 Å². The second-order valence-corrected chi connectivity index (χ2v) is 13.5. The number of aromatic nitrogens is 3. The molecule has 47 heavy (non-hydrogen) atoms. The molecule has 9 nitrogen and oxygen atoms in total. The van der Waals surface area contributed by atoms with Gasteiger partial charge in [-0.2, -0.15) is 9.97 Å². The monoisotopic (exact) mass is 642 g/mol.